The standard InChI is InChI=1S/C15H19N3O/c1-2-8-18-9-7-12(11-18)10-17-14-5-3-13(4-6-14)15(16)19/h3-7,9,11,17H,2,8,10H2,1H3,(H2,16,19). The van der Waals surface area contributed by atoms with Crippen LogP contribution in [-0.2, 0) is 13.1 Å². The molecule has 1 aromatic carbocycles. The fraction of sp³-hybridized carbons (Fsp3) is 0.267. The zero-order chi connectivity index (χ0) is 13.7. The molecule has 0 spiro atoms. The molecule has 0 aliphatic carbocycles. The lowest BCUT2D eigenvalue weighted by Crippen LogP contribution is -2.10. The van der Waals surface area contributed by atoms with Crippen molar-refractivity contribution in [2.45, 2.75) is 26.4 Å². The van der Waals surface area contributed by atoms with Gasteiger partial charge >= 0.3 is 0 Å². The van der Waals surface area contributed by atoms with E-state index in [4.69, 9.17) is 5.73 Å². The molecule has 0 bridgehead atoms. The quantitative estimate of drug-likeness (QED) is 0.835. The summed E-state index contributed by atoms with van der Waals surface area (Å²) in [7, 11) is 0. The van der Waals surface area contributed by atoms with Gasteiger partial charge in [0.05, 0.1) is 0 Å². The molecule has 2 rings (SSSR count). The lowest BCUT2D eigenvalue weighted by molar-refractivity contribution is 0.100. The van der Waals surface area contributed by atoms with E-state index in [2.05, 4.69) is 35.3 Å². The summed E-state index contributed by atoms with van der Waals surface area (Å²) in [4.78, 5) is 11.0. The van der Waals surface area contributed by atoms with Gasteiger partial charge in [-0.3, -0.25) is 4.79 Å². The van der Waals surface area contributed by atoms with Crippen LogP contribution in [0.2, 0.25) is 0 Å². The fourth-order valence-electron chi connectivity index (χ4n) is 1.95. The van der Waals surface area contributed by atoms with Gasteiger partial charge in [-0.05, 0) is 42.3 Å². The van der Waals surface area contributed by atoms with Gasteiger partial charge in [0.2, 0.25) is 5.91 Å². The first-order valence-electron chi connectivity index (χ1n) is 6.47. The molecule has 3 N–H and O–H groups in total. The van der Waals surface area contributed by atoms with Crippen molar-refractivity contribution in [1.82, 2.24) is 4.57 Å². The van der Waals surface area contributed by atoms with Gasteiger partial charge in [0, 0.05) is 36.7 Å². The number of anilines is 1. The lowest BCUT2D eigenvalue weighted by Gasteiger charge is -2.05. The third-order valence-electron chi connectivity index (χ3n) is 2.96. The molecule has 1 heterocycles. The van der Waals surface area contributed by atoms with E-state index in [1.807, 2.05) is 12.1 Å². The van der Waals surface area contributed by atoms with E-state index < -0.39 is 5.91 Å². The Morgan fingerprint density at radius 2 is 2.00 bits per heavy atom. The molecule has 0 saturated heterocycles. The van der Waals surface area contributed by atoms with Crippen LogP contribution in [0.5, 0.6) is 0 Å². The predicted octanol–water partition coefficient (Wildman–Crippen LogP) is 2.61. The summed E-state index contributed by atoms with van der Waals surface area (Å²) >= 11 is 0. The monoisotopic (exact) mass is 257 g/mol. The number of hydrogen-bond acceptors (Lipinski definition) is 2. The van der Waals surface area contributed by atoms with Crippen molar-refractivity contribution in [3.8, 4) is 0 Å². The molecule has 0 radical (unpaired) electrons. The van der Waals surface area contributed by atoms with Crippen LogP contribution in [0.15, 0.2) is 42.7 Å². The summed E-state index contributed by atoms with van der Waals surface area (Å²) in [5, 5.41) is 3.32. The summed E-state index contributed by atoms with van der Waals surface area (Å²) in [6.07, 6.45) is 5.38. The molecule has 1 amide bonds. The second-order valence-electron chi connectivity index (χ2n) is 4.55. The number of aryl methyl sites for hydroxylation is 1. The van der Waals surface area contributed by atoms with Crippen molar-refractivity contribution in [3.63, 3.8) is 0 Å². The average Bonchev–Trinajstić information content (AvgIpc) is 2.85. The molecule has 4 nitrogen and oxygen atoms in total. The maximum Gasteiger partial charge on any atom is 0.248 e. The summed E-state index contributed by atoms with van der Waals surface area (Å²) < 4.78 is 2.19. The Kier molecular flexibility index (Phi) is 4.23. The van der Waals surface area contributed by atoms with Gasteiger partial charge < -0.3 is 15.6 Å². The normalized spacial score (nSPS) is 10.4. The minimum Gasteiger partial charge on any atom is -0.381 e. The summed E-state index contributed by atoms with van der Waals surface area (Å²) in [5.41, 5.74) is 7.95. The van der Waals surface area contributed by atoms with Crippen LogP contribution in [-0.4, -0.2) is 10.5 Å². The first-order chi connectivity index (χ1) is 9.19. The molecule has 2 aromatic rings. The molecule has 0 atom stereocenters. The van der Waals surface area contributed by atoms with E-state index in [1.165, 1.54) is 5.56 Å². The summed E-state index contributed by atoms with van der Waals surface area (Å²) in [6, 6.07) is 9.30. The highest BCUT2D eigenvalue weighted by atomic mass is 16.1. The van der Waals surface area contributed by atoms with Gasteiger partial charge in [-0.1, -0.05) is 6.92 Å². The number of primary amides is 1. The maximum atomic E-state index is 11.0. The molecule has 0 aliphatic heterocycles. The third-order valence-corrected chi connectivity index (χ3v) is 2.96. The summed E-state index contributed by atoms with van der Waals surface area (Å²) in [5.74, 6) is -0.400. The number of hydrogen-bond donors (Lipinski definition) is 2. The molecular formula is C15H19N3O. The number of benzene rings is 1. The van der Waals surface area contributed by atoms with Gasteiger partial charge in [0.25, 0.3) is 0 Å². The van der Waals surface area contributed by atoms with E-state index in [0.717, 1.165) is 25.2 Å². The van der Waals surface area contributed by atoms with Crippen molar-refractivity contribution < 1.29 is 4.79 Å². The van der Waals surface area contributed by atoms with E-state index in [1.54, 1.807) is 12.1 Å². The number of carbonyl (C=O) groups is 1. The second-order valence-corrected chi connectivity index (χ2v) is 4.55. The highest BCUT2D eigenvalue weighted by Gasteiger charge is 2.00. The number of nitrogens with one attached hydrogen (secondary N) is 1. The van der Waals surface area contributed by atoms with Gasteiger partial charge in [0.15, 0.2) is 0 Å². The van der Waals surface area contributed by atoms with E-state index in [0.29, 0.717) is 5.56 Å². The largest absolute Gasteiger partial charge is 0.381 e. The Hall–Kier alpha value is -2.23. The number of nitrogens with zero attached hydrogens (tertiary/aromatic N) is 1. The molecule has 0 unspecified atom stereocenters. The Labute approximate surface area is 113 Å². The fourth-order valence-corrected chi connectivity index (χ4v) is 1.95. The van der Waals surface area contributed by atoms with Gasteiger partial charge in [-0.2, -0.15) is 0 Å². The Morgan fingerprint density at radius 1 is 1.26 bits per heavy atom. The maximum absolute atomic E-state index is 11.0. The van der Waals surface area contributed by atoms with Crippen LogP contribution in [0.4, 0.5) is 5.69 Å². The number of carbonyl (C=O) groups excluding carboxylic acids is 1. The van der Waals surface area contributed by atoms with Gasteiger partial charge in [-0.25, -0.2) is 0 Å². The number of amides is 1. The topological polar surface area (TPSA) is 60.1 Å². The zero-order valence-corrected chi connectivity index (χ0v) is 11.1. The van der Waals surface area contributed by atoms with Crippen molar-refractivity contribution in [2.75, 3.05) is 5.32 Å². The second kappa shape index (κ2) is 6.09. The van der Waals surface area contributed by atoms with Crippen molar-refractivity contribution in [3.05, 3.63) is 53.9 Å². The van der Waals surface area contributed by atoms with Crippen LogP contribution in [0.1, 0.15) is 29.3 Å². The highest BCUT2D eigenvalue weighted by Crippen LogP contribution is 2.11. The molecule has 0 fully saturated rings. The molecule has 0 aliphatic rings. The van der Waals surface area contributed by atoms with Crippen molar-refractivity contribution in [1.29, 1.82) is 0 Å². The van der Waals surface area contributed by atoms with E-state index >= 15 is 0 Å². The Bertz CT molecular complexity index is 543. The van der Waals surface area contributed by atoms with Crippen molar-refractivity contribution >= 4 is 11.6 Å². The predicted molar refractivity (Wildman–Crippen MR) is 77.0 cm³/mol. The van der Waals surface area contributed by atoms with Crippen LogP contribution >= 0.6 is 0 Å². The van der Waals surface area contributed by atoms with Crippen LogP contribution in [0, 0.1) is 0 Å². The first-order valence-corrected chi connectivity index (χ1v) is 6.47. The van der Waals surface area contributed by atoms with Crippen LogP contribution < -0.4 is 11.1 Å². The van der Waals surface area contributed by atoms with Crippen LogP contribution in [0.3, 0.4) is 0 Å². The summed E-state index contributed by atoms with van der Waals surface area (Å²) in [6.45, 7) is 3.98. The number of rotatable bonds is 6. The average molecular weight is 257 g/mol. The minimum absolute atomic E-state index is 0.400. The molecule has 1 aromatic heterocycles. The highest BCUT2D eigenvalue weighted by molar-refractivity contribution is 5.93. The lowest BCUT2D eigenvalue weighted by atomic mass is 10.2. The Balaban J connectivity index is 1.92. The SMILES string of the molecule is CCCn1ccc(CNc2ccc(C(N)=O)cc2)c1. The molecular weight excluding hydrogens is 238 g/mol. The molecule has 100 valence electrons. The molecule has 4 heteroatoms. The minimum atomic E-state index is -0.400. The third kappa shape index (κ3) is 3.61. The van der Waals surface area contributed by atoms with E-state index in [-0.39, 0.29) is 0 Å². The van der Waals surface area contributed by atoms with Crippen molar-refractivity contribution in [2.24, 2.45) is 5.73 Å². The zero-order valence-electron chi connectivity index (χ0n) is 11.1. The van der Waals surface area contributed by atoms with Gasteiger partial charge in [0.1, 0.15) is 0 Å². The van der Waals surface area contributed by atoms with Crippen LogP contribution in [0.25, 0.3) is 0 Å². The molecule has 0 saturated carbocycles. The van der Waals surface area contributed by atoms with Gasteiger partial charge in [-0.15, -0.1) is 0 Å². The Morgan fingerprint density at radius 3 is 2.63 bits per heavy atom. The number of aromatic nitrogens is 1. The van der Waals surface area contributed by atoms with E-state index in [9.17, 15) is 4.79 Å². The smallest absolute Gasteiger partial charge is 0.248 e. The first kappa shape index (κ1) is 13.2. The number of nitrogens with two attached hydrogens (primary N) is 1. The molecule has 19 heavy (non-hydrogen) atoms.